The van der Waals surface area contributed by atoms with Crippen LogP contribution in [0.1, 0.15) is 65.0 Å². The number of hydroxylamine groups is 2. The zero-order valence-corrected chi connectivity index (χ0v) is 13.8. The second-order valence-electron chi connectivity index (χ2n) is 7.31. The summed E-state index contributed by atoms with van der Waals surface area (Å²) in [6.45, 7) is 8.94. The quantitative estimate of drug-likeness (QED) is 0.907. The highest BCUT2D eigenvalue weighted by Gasteiger charge is 2.42. The fourth-order valence-electron chi connectivity index (χ4n) is 3.42. The fourth-order valence-corrected chi connectivity index (χ4v) is 3.42. The first-order chi connectivity index (χ1) is 9.87. The molecule has 118 valence electrons. The number of hydrogen-bond donors (Lipinski definition) is 1. The van der Waals surface area contributed by atoms with Crippen molar-refractivity contribution < 1.29 is 9.94 Å². The minimum absolute atomic E-state index is 0.00727. The Morgan fingerprint density at radius 2 is 1.57 bits per heavy atom. The summed E-state index contributed by atoms with van der Waals surface area (Å²) in [5.41, 5.74) is 0.973. The van der Waals surface area contributed by atoms with E-state index in [-0.39, 0.29) is 23.8 Å². The van der Waals surface area contributed by atoms with Crippen molar-refractivity contribution in [3.8, 4) is 0 Å². The lowest BCUT2D eigenvalue weighted by molar-refractivity contribution is -0.297. The minimum Gasteiger partial charge on any atom is -0.393 e. The second-order valence-corrected chi connectivity index (χ2v) is 7.31. The van der Waals surface area contributed by atoms with Gasteiger partial charge in [0, 0.05) is 11.1 Å². The largest absolute Gasteiger partial charge is 0.393 e. The summed E-state index contributed by atoms with van der Waals surface area (Å²) in [6.07, 6.45) is 4.38. The van der Waals surface area contributed by atoms with E-state index in [4.69, 9.17) is 4.84 Å². The summed E-state index contributed by atoms with van der Waals surface area (Å²) in [7, 11) is 0. The van der Waals surface area contributed by atoms with E-state index < -0.39 is 0 Å². The highest BCUT2D eigenvalue weighted by atomic mass is 16.7. The molecule has 1 aromatic carbocycles. The Kier molecular flexibility index (Phi) is 5.07. The molecule has 0 bridgehead atoms. The summed E-state index contributed by atoms with van der Waals surface area (Å²) in [5.74, 6) is 0. The number of nitrogens with zero attached hydrogens (tertiary/aromatic N) is 1. The molecule has 1 N–H and O–H groups in total. The van der Waals surface area contributed by atoms with Crippen molar-refractivity contribution in [2.24, 2.45) is 0 Å². The average molecular weight is 291 g/mol. The molecule has 21 heavy (non-hydrogen) atoms. The van der Waals surface area contributed by atoms with E-state index in [1.165, 1.54) is 12.8 Å². The van der Waals surface area contributed by atoms with Gasteiger partial charge in [0.1, 0.15) is 6.10 Å². The van der Waals surface area contributed by atoms with Crippen molar-refractivity contribution in [1.82, 2.24) is 5.06 Å². The van der Waals surface area contributed by atoms with Crippen LogP contribution < -0.4 is 0 Å². The topological polar surface area (TPSA) is 32.7 Å². The number of aliphatic hydroxyl groups is 1. The van der Waals surface area contributed by atoms with Crippen molar-refractivity contribution in [1.29, 1.82) is 0 Å². The Balaban J connectivity index is 2.24. The average Bonchev–Trinajstić information content (AvgIpc) is 2.54. The molecular formula is C18H29NO2. The van der Waals surface area contributed by atoms with Gasteiger partial charge in [-0.2, -0.15) is 5.06 Å². The van der Waals surface area contributed by atoms with Gasteiger partial charge in [-0.25, -0.2) is 0 Å². The monoisotopic (exact) mass is 291 g/mol. The van der Waals surface area contributed by atoms with Crippen LogP contribution in [0.5, 0.6) is 0 Å². The van der Waals surface area contributed by atoms with Crippen molar-refractivity contribution in [3.63, 3.8) is 0 Å². The molecule has 0 aromatic heterocycles. The van der Waals surface area contributed by atoms with E-state index in [9.17, 15) is 5.11 Å². The molecular weight excluding hydrogens is 262 g/mol. The van der Waals surface area contributed by atoms with Crippen LogP contribution in [0.3, 0.4) is 0 Å². The van der Waals surface area contributed by atoms with Crippen molar-refractivity contribution in [2.45, 2.75) is 70.6 Å². The third kappa shape index (κ3) is 3.85. The molecule has 1 atom stereocenters. The van der Waals surface area contributed by atoms with Gasteiger partial charge >= 0.3 is 0 Å². The van der Waals surface area contributed by atoms with Gasteiger partial charge in [0.25, 0.3) is 0 Å². The summed E-state index contributed by atoms with van der Waals surface area (Å²) in [5, 5.41) is 11.9. The molecule has 3 nitrogen and oxygen atoms in total. The molecule has 1 unspecified atom stereocenters. The molecule has 3 heteroatoms. The molecule has 0 spiro atoms. The zero-order chi connectivity index (χ0) is 15.5. The Hall–Kier alpha value is -0.900. The maximum absolute atomic E-state index is 9.77. The highest BCUT2D eigenvalue weighted by Crippen LogP contribution is 2.39. The van der Waals surface area contributed by atoms with E-state index in [2.05, 4.69) is 32.8 Å². The van der Waals surface area contributed by atoms with Gasteiger partial charge in [-0.1, -0.05) is 43.2 Å². The van der Waals surface area contributed by atoms with Gasteiger partial charge in [-0.05, 0) is 46.1 Å². The van der Waals surface area contributed by atoms with Crippen LogP contribution in [0.25, 0.3) is 0 Å². The van der Waals surface area contributed by atoms with Gasteiger partial charge in [-0.15, -0.1) is 0 Å². The van der Waals surface area contributed by atoms with E-state index in [0.717, 1.165) is 18.4 Å². The first-order valence-electron chi connectivity index (χ1n) is 8.00. The summed E-state index contributed by atoms with van der Waals surface area (Å²) in [4.78, 5) is 6.32. The SMILES string of the molecule is CC1(C)CCCCC(C)(C)N1OC(CO)c1ccccc1. The number of rotatable bonds is 4. The molecule has 1 aliphatic heterocycles. The van der Waals surface area contributed by atoms with Crippen LogP contribution in [0, 0.1) is 0 Å². The first kappa shape index (κ1) is 16.5. The van der Waals surface area contributed by atoms with E-state index in [1.54, 1.807) is 0 Å². The molecule has 1 fully saturated rings. The van der Waals surface area contributed by atoms with E-state index >= 15 is 0 Å². The molecule has 1 aromatic rings. The van der Waals surface area contributed by atoms with Gasteiger partial charge in [0.2, 0.25) is 0 Å². The lowest BCUT2D eigenvalue weighted by atomic mass is 9.95. The molecule has 0 amide bonds. The smallest absolute Gasteiger partial charge is 0.127 e. The maximum Gasteiger partial charge on any atom is 0.127 e. The fraction of sp³-hybridized carbons (Fsp3) is 0.667. The molecule has 0 saturated carbocycles. The number of hydrogen-bond acceptors (Lipinski definition) is 3. The molecule has 0 aliphatic carbocycles. The Morgan fingerprint density at radius 1 is 1.05 bits per heavy atom. The standard InChI is InChI=1S/C18H29NO2/c1-17(2)12-8-9-13-18(3,4)19(17)21-16(14-20)15-10-6-5-7-11-15/h5-7,10-11,16,20H,8-9,12-14H2,1-4H3. The Bertz CT molecular complexity index is 424. The lowest BCUT2D eigenvalue weighted by Gasteiger charge is -2.47. The zero-order valence-electron chi connectivity index (χ0n) is 13.8. The van der Waals surface area contributed by atoms with Gasteiger partial charge in [0.05, 0.1) is 6.61 Å². The van der Waals surface area contributed by atoms with Gasteiger partial charge in [0.15, 0.2) is 0 Å². The maximum atomic E-state index is 9.77. The lowest BCUT2D eigenvalue weighted by Crippen LogP contribution is -2.54. The summed E-state index contributed by atoms with van der Waals surface area (Å²) in [6, 6.07) is 9.98. The van der Waals surface area contributed by atoms with Crippen LogP contribution in [0.2, 0.25) is 0 Å². The Morgan fingerprint density at radius 3 is 2.05 bits per heavy atom. The third-order valence-corrected chi connectivity index (χ3v) is 4.50. The summed E-state index contributed by atoms with van der Waals surface area (Å²) < 4.78 is 0. The first-order valence-corrected chi connectivity index (χ1v) is 8.00. The van der Waals surface area contributed by atoms with Crippen LogP contribution in [-0.4, -0.2) is 27.9 Å². The minimum atomic E-state index is -0.303. The van der Waals surface area contributed by atoms with E-state index in [1.807, 2.05) is 30.3 Å². The number of aliphatic hydroxyl groups excluding tert-OH is 1. The predicted octanol–water partition coefficient (Wildman–Crippen LogP) is 4.08. The van der Waals surface area contributed by atoms with Crippen molar-refractivity contribution in [2.75, 3.05) is 6.61 Å². The Labute approximate surface area is 128 Å². The van der Waals surface area contributed by atoms with Gasteiger partial charge < -0.3 is 5.11 Å². The van der Waals surface area contributed by atoms with Crippen LogP contribution in [-0.2, 0) is 4.84 Å². The third-order valence-electron chi connectivity index (χ3n) is 4.50. The number of benzene rings is 1. The van der Waals surface area contributed by atoms with Crippen LogP contribution in [0.4, 0.5) is 0 Å². The van der Waals surface area contributed by atoms with Crippen molar-refractivity contribution in [3.05, 3.63) is 35.9 Å². The van der Waals surface area contributed by atoms with E-state index in [0.29, 0.717) is 0 Å². The molecule has 1 aliphatic rings. The van der Waals surface area contributed by atoms with Crippen LogP contribution in [0.15, 0.2) is 30.3 Å². The highest BCUT2D eigenvalue weighted by molar-refractivity contribution is 5.17. The molecule has 0 radical (unpaired) electrons. The normalized spacial score (nSPS) is 23.5. The molecule has 1 saturated heterocycles. The molecule has 1 heterocycles. The van der Waals surface area contributed by atoms with Crippen molar-refractivity contribution >= 4 is 0 Å². The molecule has 2 rings (SSSR count). The summed E-state index contributed by atoms with van der Waals surface area (Å²) >= 11 is 0. The second kappa shape index (κ2) is 6.47. The van der Waals surface area contributed by atoms with Crippen LogP contribution >= 0.6 is 0 Å². The van der Waals surface area contributed by atoms with Gasteiger partial charge in [-0.3, -0.25) is 4.84 Å². The predicted molar refractivity (Wildman–Crippen MR) is 85.8 cm³/mol.